The van der Waals surface area contributed by atoms with Crippen LogP contribution < -0.4 is 0 Å². The van der Waals surface area contributed by atoms with Crippen molar-refractivity contribution < 1.29 is 9.84 Å². The molecule has 96 valence electrons. The van der Waals surface area contributed by atoms with E-state index in [1.807, 2.05) is 6.92 Å². The fourth-order valence-electron chi connectivity index (χ4n) is 3.51. The maximum atomic E-state index is 10.9. The Labute approximate surface area is 104 Å². The molecule has 0 aromatic rings. The highest BCUT2D eigenvalue weighted by Gasteiger charge is 2.56. The van der Waals surface area contributed by atoms with Gasteiger partial charge < -0.3 is 9.84 Å². The summed E-state index contributed by atoms with van der Waals surface area (Å²) in [5.74, 6) is 0. The van der Waals surface area contributed by atoms with Gasteiger partial charge in [-0.3, -0.25) is 0 Å². The van der Waals surface area contributed by atoms with Crippen LogP contribution in [0.4, 0.5) is 0 Å². The SMILES string of the molecule is CC1OCCC1(O)C1(C#N)CCCCCCC1. The quantitative estimate of drug-likeness (QED) is 0.763. The first-order chi connectivity index (χ1) is 8.15. The molecular weight excluding hydrogens is 214 g/mol. The minimum Gasteiger partial charge on any atom is -0.385 e. The van der Waals surface area contributed by atoms with Gasteiger partial charge in [-0.15, -0.1) is 0 Å². The second kappa shape index (κ2) is 4.96. The van der Waals surface area contributed by atoms with Crippen molar-refractivity contribution in [2.75, 3.05) is 6.61 Å². The molecule has 1 saturated carbocycles. The molecule has 2 unspecified atom stereocenters. The Morgan fingerprint density at radius 2 is 1.71 bits per heavy atom. The molecule has 2 atom stereocenters. The number of nitriles is 1. The van der Waals surface area contributed by atoms with Crippen LogP contribution in [0.15, 0.2) is 0 Å². The van der Waals surface area contributed by atoms with E-state index in [2.05, 4.69) is 6.07 Å². The Kier molecular flexibility index (Phi) is 3.75. The minimum absolute atomic E-state index is 0.207. The lowest BCUT2D eigenvalue weighted by atomic mass is 9.63. The van der Waals surface area contributed by atoms with Gasteiger partial charge in [-0.1, -0.05) is 32.1 Å². The average Bonchev–Trinajstić information content (AvgIpc) is 2.61. The van der Waals surface area contributed by atoms with E-state index in [0.717, 1.165) is 25.7 Å². The Morgan fingerprint density at radius 1 is 1.12 bits per heavy atom. The summed E-state index contributed by atoms with van der Waals surface area (Å²) >= 11 is 0. The van der Waals surface area contributed by atoms with Crippen LogP contribution in [-0.2, 0) is 4.74 Å². The standard InChI is InChI=1S/C14H23NO2/c1-12-14(16,9-10-17-12)13(11-15)7-5-3-2-4-6-8-13/h12,16H,2-10H2,1H3. The van der Waals surface area contributed by atoms with Gasteiger partial charge >= 0.3 is 0 Å². The summed E-state index contributed by atoms with van der Waals surface area (Å²) in [4.78, 5) is 0. The first-order valence-corrected chi connectivity index (χ1v) is 6.90. The number of rotatable bonds is 1. The van der Waals surface area contributed by atoms with E-state index in [1.165, 1.54) is 19.3 Å². The van der Waals surface area contributed by atoms with Crippen molar-refractivity contribution in [2.24, 2.45) is 5.41 Å². The highest BCUT2D eigenvalue weighted by molar-refractivity contribution is 5.15. The van der Waals surface area contributed by atoms with Crippen molar-refractivity contribution in [2.45, 2.75) is 70.0 Å². The summed E-state index contributed by atoms with van der Waals surface area (Å²) in [6.07, 6.45) is 7.82. The van der Waals surface area contributed by atoms with Gasteiger partial charge in [0.25, 0.3) is 0 Å². The zero-order chi connectivity index (χ0) is 12.4. The minimum atomic E-state index is -0.931. The third kappa shape index (κ3) is 2.09. The summed E-state index contributed by atoms with van der Waals surface area (Å²) in [7, 11) is 0. The van der Waals surface area contributed by atoms with Gasteiger partial charge in [0.2, 0.25) is 0 Å². The van der Waals surface area contributed by atoms with E-state index in [-0.39, 0.29) is 6.10 Å². The Morgan fingerprint density at radius 3 is 2.18 bits per heavy atom. The normalized spacial score (nSPS) is 38.1. The second-order valence-electron chi connectivity index (χ2n) is 5.65. The van der Waals surface area contributed by atoms with Crippen molar-refractivity contribution in [3.63, 3.8) is 0 Å². The summed E-state index contributed by atoms with van der Waals surface area (Å²) in [5.41, 5.74) is -1.51. The number of ether oxygens (including phenoxy) is 1. The number of hydrogen-bond donors (Lipinski definition) is 1. The molecule has 2 rings (SSSR count). The molecule has 0 amide bonds. The largest absolute Gasteiger partial charge is 0.385 e. The van der Waals surface area contributed by atoms with Gasteiger partial charge in [0, 0.05) is 13.0 Å². The molecule has 1 heterocycles. The number of nitrogens with zero attached hydrogens (tertiary/aromatic N) is 1. The lowest BCUT2D eigenvalue weighted by Gasteiger charge is -2.43. The van der Waals surface area contributed by atoms with Crippen LogP contribution in [0.2, 0.25) is 0 Å². The lowest BCUT2D eigenvalue weighted by molar-refractivity contribution is -0.106. The highest BCUT2D eigenvalue weighted by atomic mass is 16.5. The Bertz CT molecular complexity index is 302. The summed E-state index contributed by atoms with van der Waals surface area (Å²) in [5, 5.41) is 20.5. The van der Waals surface area contributed by atoms with Gasteiger partial charge in [0.05, 0.1) is 17.6 Å². The van der Waals surface area contributed by atoms with E-state index in [0.29, 0.717) is 13.0 Å². The van der Waals surface area contributed by atoms with Gasteiger partial charge in [0.1, 0.15) is 5.60 Å². The van der Waals surface area contributed by atoms with Crippen molar-refractivity contribution in [1.29, 1.82) is 5.26 Å². The molecule has 1 saturated heterocycles. The first-order valence-electron chi connectivity index (χ1n) is 6.90. The van der Waals surface area contributed by atoms with E-state index in [1.54, 1.807) is 0 Å². The number of aliphatic hydroxyl groups is 1. The molecular formula is C14H23NO2. The molecule has 0 aromatic carbocycles. The van der Waals surface area contributed by atoms with Crippen molar-refractivity contribution in [1.82, 2.24) is 0 Å². The van der Waals surface area contributed by atoms with E-state index < -0.39 is 11.0 Å². The van der Waals surface area contributed by atoms with Crippen LogP contribution in [0.25, 0.3) is 0 Å². The predicted molar refractivity (Wildman–Crippen MR) is 65.3 cm³/mol. The highest BCUT2D eigenvalue weighted by Crippen LogP contribution is 2.49. The van der Waals surface area contributed by atoms with Crippen LogP contribution in [0.1, 0.15) is 58.3 Å². The van der Waals surface area contributed by atoms with Crippen molar-refractivity contribution in [3.8, 4) is 6.07 Å². The van der Waals surface area contributed by atoms with Crippen LogP contribution in [0, 0.1) is 16.7 Å². The molecule has 0 bridgehead atoms. The first kappa shape index (κ1) is 12.9. The summed E-state index contributed by atoms with van der Waals surface area (Å²) in [6, 6.07) is 2.47. The zero-order valence-corrected chi connectivity index (χ0v) is 10.7. The third-order valence-corrected chi connectivity index (χ3v) is 4.77. The molecule has 2 fully saturated rings. The van der Waals surface area contributed by atoms with Gasteiger partial charge in [0.15, 0.2) is 0 Å². The lowest BCUT2D eigenvalue weighted by Crippen LogP contribution is -2.52. The monoisotopic (exact) mass is 237 g/mol. The van der Waals surface area contributed by atoms with Crippen LogP contribution in [-0.4, -0.2) is 23.4 Å². The number of hydrogen-bond acceptors (Lipinski definition) is 3. The van der Waals surface area contributed by atoms with Crippen molar-refractivity contribution >= 4 is 0 Å². The molecule has 1 N–H and O–H groups in total. The Balaban J connectivity index is 2.25. The Hall–Kier alpha value is -0.590. The molecule has 17 heavy (non-hydrogen) atoms. The molecule has 3 nitrogen and oxygen atoms in total. The maximum Gasteiger partial charge on any atom is 0.111 e. The third-order valence-electron chi connectivity index (χ3n) is 4.77. The van der Waals surface area contributed by atoms with E-state index in [9.17, 15) is 10.4 Å². The topological polar surface area (TPSA) is 53.2 Å². The molecule has 0 spiro atoms. The van der Waals surface area contributed by atoms with Gasteiger partial charge in [-0.25, -0.2) is 0 Å². The molecule has 1 aliphatic carbocycles. The van der Waals surface area contributed by atoms with Crippen LogP contribution in [0.5, 0.6) is 0 Å². The molecule has 0 radical (unpaired) electrons. The average molecular weight is 237 g/mol. The smallest absolute Gasteiger partial charge is 0.111 e. The summed E-state index contributed by atoms with van der Waals surface area (Å²) < 4.78 is 5.52. The molecule has 1 aliphatic heterocycles. The van der Waals surface area contributed by atoms with Crippen molar-refractivity contribution in [3.05, 3.63) is 0 Å². The zero-order valence-electron chi connectivity index (χ0n) is 10.7. The fourth-order valence-corrected chi connectivity index (χ4v) is 3.51. The van der Waals surface area contributed by atoms with Crippen LogP contribution >= 0.6 is 0 Å². The van der Waals surface area contributed by atoms with E-state index >= 15 is 0 Å². The second-order valence-corrected chi connectivity index (χ2v) is 5.65. The predicted octanol–water partition coefficient (Wildman–Crippen LogP) is 2.78. The van der Waals surface area contributed by atoms with E-state index in [4.69, 9.17) is 4.74 Å². The van der Waals surface area contributed by atoms with Gasteiger partial charge in [-0.05, 0) is 19.8 Å². The van der Waals surface area contributed by atoms with Gasteiger partial charge in [-0.2, -0.15) is 5.26 Å². The summed E-state index contributed by atoms with van der Waals surface area (Å²) in [6.45, 7) is 2.49. The molecule has 3 heteroatoms. The molecule has 2 aliphatic rings. The fraction of sp³-hybridized carbons (Fsp3) is 0.929. The maximum absolute atomic E-state index is 10.9. The molecule has 0 aromatic heterocycles. The van der Waals surface area contributed by atoms with Crippen LogP contribution in [0.3, 0.4) is 0 Å².